The van der Waals surface area contributed by atoms with Gasteiger partial charge in [0.15, 0.2) is 5.15 Å². The van der Waals surface area contributed by atoms with Crippen LogP contribution in [0, 0.1) is 12.7 Å². The van der Waals surface area contributed by atoms with Crippen LogP contribution in [0.5, 0.6) is 0 Å². The number of pyridine rings is 1. The van der Waals surface area contributed by atoms with Crippen LogP contribution in [0.3, 0.4) is 0 Å². The second-order valence-corrected chi connectivity index (χ2v) is 5.33. The molecule has 106 valence electrons. The molecule has 1 aromatic carbocycles. The molecule has 1 aromatic heterocycles. The van der Waals surface area contributed by atoms with Crippen LogP contribution < -0.4 is 5.32 Å². The lowest BCUT2D eigenvalue weighted by molar-refractivity contribution is 0.625. The fraction of sp³-hybridized carbons (Fsp3) is 0.267. The molecule has 5 heteroatoms. The topological polar surface area (TPSA) is 24.9 Å². The summed E-state index contributed by atoms with van der Waals surface area (Å²) in [5.41, 5.74) is 2.68. The van der Waals surface area contributed by atoms with Gasteiger partial charge in [0.25, 0.3) is 0 Å². The number of nitrogens with one attached hydrogen (secondary N) is 1. The molecule has 0 aliphatic heterocycles. The van der Waals surface area contributed by atoms with Crippen LogP contribution >= 0.6 is 23.2 Å². The molecule has 2 aromatic rings. The maximum Gasteiger partial charge on any atom is 0.154 e. The van der Waals surface area contributed by atoms with E-state index >= 15 is 0 Å². The molecule has 0 aliphatic carbocycles. The first kappa shape index (κ1) is 15.1. The van der Waals surface area contributed by atoms with Crippen LogP contribution in [-0.2, 0) is 0 Å². The molecule has 1 atom stereocenters. The van der Waals surface area contributed by atoms with Gasteiger partial charge in [-0.3, -0.25) is 0 Å². The van der Waals surface area contributed by atoms with Gasteiger partial charge < -0.3 is 5.32 Å². The smallest absolute Gasteiger partial charge is 0.154 e. The molecular formula is C15H15Cl2FN2. The number of aryl methyl sites for hydroxylation is 1. The van der Waals surface area contributed by atoms with Crippen molar-refractivity contribution in [3.8, 4) is 0 Å². The van der Waals surface area contributed by atoms with Crippen LogP contribution in [-0.4, -0.2) is 4.98 Å². The molecule has 2 rings (SSSR count). The Bertz CT molecular complexity index is 576. The van der Waals surface area contributed by atoms with Crippen LogP contribution in [0.15, 0.2) is 30.3 Å². The summed E-state index contributed by atoms with van der Waals surface area (Å²) in [5, 5.41) is 4.06. The number of halogens is 3. The zero-order chi connectivity index (χ0) is 14.7. The van der Waals surface area contributed by atoms with Crippen molar-refractivity contribution in [3.63, 3.8) is 0 Å². The molecule has 0 aliphatic rings. The minimum atomic E-state index is -0.244. The van der Waals surface area contributed by atoms with Crippen molar-refractivity contribution in [3.05, 3.63) is 57.6 Å². The van der Waals surface area contributed by atoms with Gasteiger partial charge in [-0.1, -0.05) is 42.3 Å². The van der Waals surface area contributed by atoms with Gasteiger partial charge in [-0.2, -0.15) is 0 Å². The molecule has 0 spiro atoms. The Morgan fingerprint density at radius 3 is 2.45 bits per heavy atom. The minimum absolute atomic E-state index is 0.0368. The molecule has 0 bridgehead atoms. The summed E-state index contributed by atoms with van der Waals surface area (Å²) < 4.78 is 13.0. The molecule has 20 heavy (non-hydrogen) atoms. The van der Waals surface area contributed by atoms with E-state index in [1.165, 1.54) is 12.1 Å². The van der Waals surface area contributed by atoms with E-state index in [0.29, 0.717) is 10.3 Å². The maximum atomic E-state index is 13.0. The molecule has 2 nitrogen and oxygen atoms in total. The maximum absolute atomic E-state index is 13.0. The summed E-state index contributed by atoms with van der Waals surface area (Å²) in [5.74, 6) is -0.244. The predicted molar refractivity (Wildman–Crippen MR) is 82.0 cm³/mol. The Hall–Kier alpha value is -1.32. The monoisotopic (exact) mass is 312 g/mol. The summed E-state index contributed by atoms with van der Waals surface area (Å²) in [6.45, 7) is 3.97. The Balaban J connectivity index is 2.29. The van der Waals surface area contributed by atoms with Crippen LogP contribution in [0.25, 0.3) is 0 Å². The van der Waals surface area contributed by atoms with Crippen molar-refractivity contribution in [2.24, 2.45) is 0 Å². The highest BCUT2D eigenvalue weighted by atomic mass is 35.5. The van der Waals surface area contributed by atoms with Gasteiger partial charge in [-0.15, -0.1) is 0 Å². The van der Waals surface area contributed by atoms with Gasteiger partial charge in [0.2, 0.25) is 0 Å². The van der Waals surface area contributed by atoms with Crippen molar-refractivity contribution >= 4 is 28.9 Å². The van der Waals surface area contributed by atoms with E-state index in [1.54, 1.807) is 18.2 Å². The van der Waals surface area contributed by atoms with Crippen molar-refractivity contribution in [2.45, 2.75) is 26.3 Å². The zero-order valence-corrected chi connectivity index (χ0v) is 12.8. The van der Waals surface area contributed by atoms with E-state index < -0.39 is 0 Å². The van der Waals surface area contributed by atoms with Crippen molar-refractivity contribution < 1.29 is 4.39 Å². The number of benzene rings is 1. The third-order valence-electron chi connectivity index (χ3n) is 3.14. The Morgan fingerprint density at radius 1 is 1.25 bits per heavy atom. The summed E-state index contributed by atoms with van der Waals surface area (Å²) in [7, 11) is 0. The summed E-state index contributed by atoms with van der Waals surface area (Å²) >= 11 is 12.0. The first-order valence-corrected chi connectivity index (χ1v) is 7.11. The third kappa shape index (κ3) is 3.41. The SMILES string of the molecule is CCC(Nc1c(C)cc(Cl)nc1Cl)c1ccc(F)cc1. The molecule has 0 radical (unpaired) electrons. The molecule has 0 fully saturated rings. The number of anilines is 1. The molecule has 0 saturated heterocycles. The fourth-order valence-corrected chi connectivity index (χ4v) is 2.65. The zero-order valence-electron chi connectivity index (χ0n) is 11.3. The predicted octanol–water partition coefficient (Wildman–Crippen LogP) is 5.40. The van der Waals surface area contributed by atoms with Crippen molar-refractivity contribution in [1.82, 2.24) is 4.98 Å². The number of hydrogen-bond donors (Lipinski definition) is 1. The largest absolute Gasteiger partial charge is 0.376 e. The number of rotatable bonds is 4. The molecule has 1 heterocycles. The second kappa shape index (κ2) is 6.42. The van der Waals surface area contributed by atoms with Crippen molar-refractivity contribution in [2.75, 3.05) is 5.32 Å². The highest BCUT2D eigenvalue weighted by Gasteiger charge is 2.14. The van der Waals surface area contributed by atoms with E-state index in [2.05, 4.69) is 10.3 Å². The molecule has 1 unspecified atom stereocenters. The average molecular weight is 313 g/mol. The number of hydrogen-bond acceptors (Lipinski definition) is 2. The molecule has 1 N–H and O–H groups in total. The first-order chi connectivity index (χ1) is 9.51. The van der Waals surface area contributed by atoms with Crippen LogP contribution in [0.1, 0.15) is 30.5 Å². The number of aromatic nitrogens is 1. The van der Waals surface area contributed by atoms with E-state index in [0.717, 1.165) is 23.2 Å². The van der Waals surface area contributed by atoms with Crippen LogP contribution in [0.2, 0.25) is 10.3 Å². The third-order valence-corrected chi connectivity index (χ3v) is 3.61. The molecule has 0 amide bonds. The van der Waals surface area contributed by atoms with Gasteiger partial charge in [0.1, 0.15) is 11.0 Å². The lowest BCUT2D eigenvalue weighted by Gasteiger charge is -2.21. The summed E-state index contributed by atoms with van der Waals surface area (Å²) in [6, 6.07) is 8.23. The average Bonchev–Trinajstić information content (AvgIpc) is 2.39. The van der Waals surface area contributed by atoms with Crippen molar-refractivity contribution in [1.29, 1.82) is 0 Å². The van der Waals surface area contributed by atoms with E-state index in [4.69, 9.17) is 23.2 Å². The summed E-state index contributed by atoms with van der Waals surface area (Å²) in [6.07, 6.45) is 0.837. The van der Waals surface area contributed by atoms with E-state index in [-0.39, 0.29) is 11.9 Å². The Morgan fingerprint density at radius 2 is 1.90 bits per heavy atom. The quantitative estimate of drug-likeness (QED) is 0.765. The van der Waals surface area contributed by atoms with Gasteiger partial charge in [0.05, 0.1) is 11.7 Å². The van der Waals surface area contributed by atoms with E-state index in [9.17, 15) is 4.39 Å². The van der Waals surface area contributed by atoms with Gasteiger partial charge in [-0.25, -0.2) is 9.37 Å². The normalized spacial score (nSPS) is 12.2. The lowest BCUT2D eigenvalue weighted by Crippen LogP contribution is -2.11. The lowest BCUT2D eigenvalue weighted by atomic mass is 10.0. The van der Waals surface area contributed by atoms with Gasteiger partial charge in [-0.05, 0) is 42.7 Å². The first-order valence-electron chi connectivity index (χ1n) is 6.36. The highest BCUT2D eigenvalue weighted by Crippen LogP contribution is 2.31. The summed E-state index contributed by atoms with van der Waals surface area (Å²) in [4.78, 5) is 4.04. The van der Waals surface area contributed by atoms with E-state index in [1.807, 2.05) is 13.8 Å². The van der Waals surface area contributed by atoms with Gasteiger partial charge >= 0.3 is 0 Å². The minimum Gasteiger partial charge on any atom is -0.376 e. The molecule has 0 saturated carbocycles. The Kier molecular flexibility index (Phi) is 4.84. The highest BCUT2D eigenvalue weighted by molar-refractivity contribution is 6.34. The number of nitrogens with zero attached hydrogens (tertiary/aromatic N) is 1. The van der Waals surface area contributed by atoms with Crippen LogP contribution in [0.4, 0.5) is 10.1 Å². The Labute approximate surface area is 127 Å². The standard InChI is InChI=1S/C15H15Cl2FN2/c1-3-12(10-4-6-11(18)7-5-10)19-14-9(2)8-13(16)20-15(14)17/h4-8,12,19H,3H2,1-2H3. The van der Waals surface area contributed by atoms with Gasteiger partial charge in [0, 0.05) is 0 Å². The fourth-order valence-electron chi connectivity index (χ4n) is 2.06. The second-order valence-electron chi connectivity index (χ2n) is 4.58. The molecular weight excluding hydrogens is 298 g/mol.